The maximum Gasteiger partial charge on any atom is 0.268 e. The molecule has 2 aromatic rings. The van der Waals surface area contributed by atoms with Gasteiger partial charge in [-0.05, 0) is 37.9 Å². The number of halogens is 2. The number of hydrogen-bond acceptors (Lipinski definition) is 3. The topological polar surface area (TPSA) is 88.7 Å². The second kappa shape index (κ2) is 4.68. The Balaban J connectivity index is 1.96. The molecule has 0 spiro atoms. The van der Waals surface area contributed by atoms with Crippen molar-refractivity contribution < 1.29 is 4.79 Å². The summed E-state index contributed by atoms with van der Waals surface area (Å²) in [6.07, 6.45) is 2.44. The molecule has 2 aromatic heterocycles. The molecule has 1 aliphatic rings. The smallest absolute Gasteiger partial charge is 0.268 e. The summed E-state index contributed by atoms with van der Waals surface area (Å²) in [6, 6.07) is 1.93. The molecule has 3 rings (SSSR count). The van der Waals surface area contributed by atoms with Crippen LogP contribution in [0.15, 0.2) is 21.3 Å². The van der Waals surface area contributed by atoms with E-state index in [1.165, 1.54) is 0 Å². The summed E-state index contributed by atoms with van der Waals surface area (Å²) in [5.41, 5.74) is 7.16. The van der Waals surface area contributed by atoms with E-state index in [2.05, 4.69) is 47.1 Å². The van der Waals surface area contributed by atoms with E-state index in [0.29, 0.717) is 18.2 Å². The van der Waals surface area contributed by atoms with Gasteiger partial charge in [-0.15, -0.1) is 0 Å². The van der Waals surface area contributed by atoms with Crippen molar-refractivity contribution in [3.05, 3.63) is 32.7 Å². The molecule has 19 heavy (non-hydrogen) atoms. The summed E-state index contributed by atoms with van der Waals surface area (Å²) in [5, 5.41) is 2.89. The van der Waals surface area contributed by atoms with E-state index in [1.807, 2.05) is 10.6 Å². The zero-order valence-corrected chi connectivity index (χ0v) is 13.0. The Morgan fingerprint density at radius 2 is 2.32 bits per heavy atom. The van der Waals surface area contributed by atoms with E-state index < -0.39 is 0 Å². The molecule has 1 aliphatic heterocycles. The lowest BCUT2D eigenvalue weighted by atomic mass is 10.1. The van der Waals surface area contributed by atoms with Crippen molar-refractivity contribution in [3.8, 4) is 0 Å². The average molecular weight is 389 g/mol. The van der Waals surface area contributed by atoms with Crippen LogP contribution in [0.4, 0.5) is 5.95 Å². The number of aromatic amines is 1. The van der Waals surface area contributed by atoms with Gasteiger partial charge in [0.25, 0.3) is 5.91 Å². The van der Waals surface area contributed by atoms with E-state index >= 15 is 0 Å². The Kier molecular flexibility index (Phi) is 3.14. The zero-order chi connectivity index (χ0) is 13.6. The largest absolute Gasteiger partial charge is 0.369 e. The first kappa shape index (κ1) is 12.7. The fraction of sp³-hybridized carbons (Fsp3) is 0.273. The number of imidazole rings is 1. The van der Waals surface area contributed by atoms with Crippen molar-refractivity contribution in [2.24, 2.45) is 0 Å². The minimum atomic E-state index is -0.0632. The van der Waals surface area contributed by atoms with Gasteiger partial charge in [-0.3, -0.25) is 4.79 Å². The Labute approximate surface area is 126 Å². The van der Waals surface area contributed by atoms with Gasteiger partial charge in [0.1, 0.15) is 5.69 Å². The highest BCUT2D eigenvalue weighted by Gasteiger charge is 2.28. The Bertz CT molecular complexity index is 648. The van der Waals surface area contributed by atoms with Crippen molar-refractivity contribution >= 4 is 43.7 Å². The Morgan fingerprint density at radius 3 is 3.00 bits per heavy atom. The van der Waals surface area contributed by atoms with Crippen molar-refractivity contribution in [2.45, 2.75) is 12.5 Å². The number of nitrogens with zero attached hydrogens (tertiary/aromatic N) is 2. The summed E-state index contributed by atoms with van der Waals surface area (Å²) in [6.45, 7) is 0.574. The number of carbonyl (C=O) groups excluding carboxylic acids is 1. The van der Waals surface area contributed by atoms with E-state index in [0.717, 1.165) is 21.2 Å². The van der Waals surface area contributed by atoms with Gasteiger partial charge < -0.3 is 20.6 Å². The molecule has 1 atom stereocenters. The Hall–Kier alpha value is -1.28. The first-order valence-electron chi connectivity index (χ1n) is 5.70. The standard InChI is InChI=1S/C11H11Br2N5O/c12-7-2-8-10(19)15-4-6(18(8)9(7)13)1-5-3-16-11(14)17-5/h2-3,6H,1,4H2,(H,15,19)(H3,14,16,17). The fourth-order valence-corrected chi connectivity index (χ4v) is 3.29. The molecule has 0 aromatic carbocycles. The predicted molar refractivity (Wildman–Crippen MR) is 77.9 cm³/mol. The lowest BCUT2D eigenvalue weighted by Gasteiger charge is -2.27. The molecule has 3 heterocycles. The maximum absolute atomic E-state index is 11.8. The lowest BCUT2D eigenvalue weighted by Crippen LogP contribution is -2.39. The molecule has 8 heteroatoms. The minimum absolute atomic E-state index is 0.0632. The second-order valence-corrected chi connectivity index (χ2v) is 6.01. The minimum Gasteiger partial charge on any atom is -0.369 e. The van der Waals surface area contributed by atoms with Crippen LogP contribution in [0, 0.1) is 0 Å². The normalized spacial score (nSPS) is 18.2. The monoisotopic (exact) mass is 387 g/mol. The maximum atomic E-state index is 11.8. The molecule has 0 aliphatic carbocycles. The first-order chi connectivity index (χ1) is 9.06. The molecule has 100 valence electrons. The molecule has 0 fully saturated rings. The predicted octanol–water partition coefficient (Wildman–Crippen LogP) is 1.85. The van der Waals surface area contributed by atoms with E-state index in [4.69, 9.17) is 5.73 Å². The second-order valence-electron chi connectivity index (χ2n) is 4.40. The number of H-pyrrole nitrogens is 1. The number of nitrogen functional groups attached to an aromatic ring is 1. The number of rotatable bonds is 2. The SMILES string of the molecule is Nc1ncc(CC2CNC(=O)c3cc(Br)c(Br)n32)[nH]1. The third-order valence-corrected chi connectivity index (χ3v) is 5.08. The number of amides is 1. The number of nitrogens with one attached hydrogen (secondary N) is 2. The average Bonchev–Trinajstić information content (AvgIpc) is 2.90. The van der Waals surface area contributed by atoms with Crippen LogP contribution in [0.5, 0.6) is 0 Å². The third-order valence-electron chi connectivity index (χ3n) is 3.13. The van der Waals surface area contributed by atoms with Crippen LogP contribution in [0.2, 0.25) is 0 Å². The zero-order valence-electron chi connectivity index (χ0n) is 9.78. The quantitative estimate of drug-likeness (QED) is 0.733. The molecule has 6 nitrogen and oxygen atoms in total. The van der Waals surface area contributed by atoms with Crippen molar-refractivity contribution in [1.29, 1.82) is 0 Å². The number of nitrogens with two attached hydrogens (primary N) is 1. The van der Waals surface area contributed by atoms with Gasteiger partial charge in [0, 0.05) is 18.7 Å². The number of fused-ring (bicyclic) bond motifs is 1. The molecule has 1 unspecified atom stereocenters. The number of carbonyl (C=O) groups is 1. The molecular formula is C11H11Br2N5O. The van der Waals surface area contributed by atoms with Crippen molar-refractivity contribution in [1.82, 2.24) is 19.9 Å². The molecular weight excluding hydrogens is 378 g/mol. The number of hydrogen-bond donors (Lipinski definition) is 3. The van der Waals surface area contributed by atoms with Gasteiger partial charge in [-0.1, -0.05) is 0 Å². The number of anilines is 1. The molecule has 0 bridgehead atoms. The highest BCUT2D eigenvalue weighted by molar-refractivity contribution is 9.13. The van der Waals surface area contributed by atoms with Crippen molar-refractivity contribution in [2.75, 3.05) is 12.3 Å². The van der Waals surface area contributed by atoms with Crippen LogP contribution in [-0.2, 0) is 6.42 Å². The highest BCUT2D eigenvalue weighted by Crippen LogP contribution is 2.33. The molecule has 0 saturated carbocycles. The summed E-state index contributed by atoms with van der Waals surface area (Å²) < 4.78 is 3.73. The van der Waals surface area contributed by atoms with Gasteiger partial charge in [0.2, 0.25) is 0 Å². The summed E-state index contributed by atoms with van der Waals surface area (Å²) >= 11 is 6.94. The molecule has 4 N–H and O–H groups in total. The van der Waals surface area contributed by atoms with Crippen LogP contribution in [0.25, 0.3) is 0 Å². The van der Waals surface area contributed by atoms with Gasteiger partial charge in [-0.2, -0.15) is 0 Å². The number of aromatic nitrogens is 3. The third kappa shape index (κ3) is 2.18. The van der Waals surface area contributed by atoms with Gasteiger partial charge in [0.15, 0.2) is 5.95 Å². The van der Waals surface area contributed by atoms with E-state index in [-0.39, 0.29) is 11.9 Å². The molecule has 1 amide bonds. The Morgan fingerprint density at radius 1 is 1.53 bits per heavy atom. The van der Waals surface area contributed by atoms with Crippen LogP contribution < -0.4 is 11.1 Å². The van der Waals surface area contributed by atoms with Crippen molar-refractivity contribution in [3.63, 3.8) is 0 Å². The van der Waals surface area contributed by atoms with Crippen LogP contribution in [-0.4, -0.2) is 27.0 Å². The van der Waals surface area contributed by atoms with Crippen LogP contribution in [0.3, 0.4) is 0 Å². The van der Waals surface area contributed by atoms with Gasteiger partial charge in [0.05, 0.1) is 21.3 Å². The fourth-order valence-electron chi connectivity index (χ4n) is 2.29. The summed E-state index contributed by atoms with van der Waals surface area (Å²) in [4.78, 5) is 18.8. The molecule has 0 saturated heterocycles. The van der Waals surface area contributed by atoms with Crippen LogP contribution >= 0.6 is 31.9 Å². The van der Waals surface area contributed by atoms with E-state index in [9.17, 15) is 4.79 Å². The van der Waals surface area contributed by atoms with E-state index in [1.54, 1.807) is 6.20 Å². The first-order valence-corrected chi connectivity index (χ1v) is 7.28. The van der Waals surface area contributed by atoms with Gasteiger partial charge >= 0.3 is 0 Å². The lowest BCUT2D eigenvalue weighted by molar-refractivity contribution is 0.0914. The van der Waals surface area contributed by atoms with Crippen LogP contribution in [0.1, 0.15) is 22.2 Å². The molecule has 0 radical (unpaired) electrons. The summed E-state index contributed by atoms with van der Waals surface area (Å²) in [7, 11) is 0. The highest BCUT2D eigenvalue weighted by atomic mass is 79.9. The van der Waals surface area contributed by atoms with Gasteiger partial charge in [-0.25, -0.2) is 4.98 Å². The summed E-state index contributed by atoms with van der Waals surface area (Å²) in [5.74, 6) is 0.342.